The number of benzene rings is 2. The normalized spacial score (nSPS) is 30.9. The Morgan fingerprint density at radius 1 is 0.943 bits per heavy atom. The standard InChI is InChI=1S/C30H38N2O3/c1-19(30-16-20-13-21(17-30)15-22(14-20)18-30)31-28(33)23-9-11-32(12-10-23)29(34)26-7-8-27(35-2)25-6-4-3-5-24(25)26/h3-8,19-23H,9-18H2,1-2H3,(H,31,33)/t19-,20?,21?,22?,30?/m1/s1. The van der Waals surface area contributed by atoms with E-state index in [0.717, 1.165) is 47.1 Å². The summed E-state index contributed by atoms with van der Waals surface area (Å²) >= 11 is 0. The number of methoxy groups -OCH3 is 1. The molecule has 2 aromatic carbocycles. The number of fused-ring (bicyclic) bond motifs is 1. The van der Waals surface area contributed by atoms with E-state index >= 15 is 0 Å². The number of likely N-dealkylation sites (tertiary alicyclic amines) is 1. The molecule has 2 amide bonds. The number of hydrogen-bond donors (Lipinski definition) is 1. The van der Waals surface area contributed by atoms with E-state index in [1.165, 1.54) is 38.5 Å². The summed E-state index contributed by atoms with van der Waals surface area (Å²) in [7, 11) is 1.66. The summed E-state index contributed by atoms with van der Waals surface area (Å²) in [5, 5.41) is 5.33. The van der Waals surface area contributed by atoms with Crippen LogP contribution in [0, 0.1) is 29.1 Å². The van der Waals surface area contributed by atoms with Gasteiger partial charge in [0.25, 0.3) is 5.91 Å². The molecule has 7 rings (SSSR count). The third-order valence-corrected chi connectivity index (χ3v) is 9.85. The Balaban J connectivity index is 1.09. The minimum Gasteiger partial charge on any atom is -0.496 e. The molecule has 5 nitrogen and oxygen atoms in total. The van der Waals surface area contributed by atoms with E-state index in [2.05, 4.69) is 12.2 Å². The zero-order chi connectivity index (χ0) is 24.2. The highest BCUT2D eigenvalue weighted by atomic mass is 16.5. The van der Waals surface area contributed by atoms with Gasteiger partial charge in [-0.25, -0.2) is 0 Å². The Morgan fingerprint density at radius 3 is 2.14 bits per heavy atom. The smallest absolute Gasteiger partial charge is 0.254 e. The Bertz CT molecular complexity index is 1100. The maximum absolute atomic E-state index is 13.4. The highest BCUT2D eigenvalue weighted by Crippen LogP contribution is 2.61. The SMILES string of the molecule is COc1ccc(C(=O)N2CCC(C(=O)N[C@H](C)C34CC5CC(CC(C5)C3)C4)CC2)c2ccccc12. The lowest BCUT2D eigenvalue weighted by Gasteiger charge is -2.59. The van der Waals surface area contributed by atoms with E-state index in [4.69, 9.17) is 4.74 Å². The van der Waals surface area contributed by atoms with Crippen LogP contribution in [-0.4, -0.2) is 43.0 Å². The fourth-order valence-electron chi connectivity index (χ4n) is 8.34. The zero-order valence-electron chi connectivity index (χ0n) is 21.1. The molecule has 5 aliphatic rings. The predicted octanol–water partition coefficient (Wildman–Crippen LogP) is 5.42. The molecule has 0 radical (unpaired) electrons. The number of amides is 2. The maximum atomic E-state index is 13.4. The number of nitrogens with zero attached hydrogens (tertiary/aromatic N) is 1. The van der Waals surface area contributed by atoms with Gasteiger partial charge in [-0.05, 0) is 99.0 Å². The van der Waals surface area contributed by atoms with E-state index in [1.54, 1.807) is 7.11 Å². The predicted molar refractivity (Wildman–Crippen MR) is 137 cm³/mol. The van der Waals surface area contributed by atoms with Crippen LogP contribution < -0.4 is 10.1 Å². The number of ether oxygens (including phenoxy) is 1. The molecule has 0 aromatic heterocycles. The summed E-state index contributed by atoms with van der Waals surface area (Å²) in [6, 6.07) is 11.9. The molecule has 5 fully saturated rings. The quantitative estimate of drug-likeness (QED) is 0.629. The first-order valence-corrected chi connectivity index (χ1v) is 13.6. The van der Waals surface area contributed by atoms with Crippen molar-refractivity contribution < 1.29 is 14.3 Å². The molecule has 1 heterocycles. The van der Waals surface area contributed by atoms with E-state index in [1.807, 2.05) is 41.3 Å². The molecule has 0 spiro atoms. The van der Waals surface area contributed by atoms with Gasteiger partial charge in [-0.1, -0.05) is 24.3 Å². The molecule has 2 aromatic rings. The number of nitrogens with one attached hydrogen (secondary N) is 1. The van der Waals surface area contributed by atoms with Crippen LogP contribution in [0.15, 0.2) is 36.4 Å². The van der Waals surface area contributed by atoms with Crippen molar-refractivity contribution in [3.05, 3.63) is 42.0 Å². The molecular formula is C30H38N2O3. The third-order valence-electron chi connectivity index (χ3n) is 9.85. The van der Waals surface area contributed by atoms with Gasteiger partial charge in [0.1, 0.15) is 5.75 Å². The minimum absolute atomic E-state index is 0.00280. The average Bonchev–Trinajstić information content (AvgIpc) is 2.87. The summed E-state index contributed by atoms with van der Waals surface area (Å²) in [5.74, 6) is 3.71. The highest BCUT2D eigenvalue weighted by molar-refractivity contribution is 6.08. The Kier molecular flexibility index (Phi) is 5.77. The van der Waals surface area contributed by atoms with Crippen molar-refractivity contribution in [1.29, 1.82) is 0 Å². The largest absolute Gasteiger partial charge is 0.496 e. The molecule has 35 heavy (non-hydrogen) atoms. The summed E-state index contributed by atoms with van der Waals surface area (Å²) in [4.78, 5) is 28.6. The lowest BCUT2D eigenvalue weighted by molar-refractivity contribution is -0.131. The lowest BCUT2D eigenvalue weighted by Crippen LogP contribution is -2.56. The van der Waals surface area contributed by atoms with Crippen molar-refractivity contribution in [2.45, 2.75) is 64.3 Å². The van der Waals surface area contributed by atoms with Gasteiger partial charge in [-0.15, -0.1) is 0 Å². The summed E-state index contributed by atoms with van der Waals surface area (Å²) in [6.45, 7) is 3.52. The van der Waals surface area contributed by atoms with Crippen LogP contribution in [0.1, 0.15) is 68.6 Å². The number of hydrogen-bond acceptors (Lipinski definition) is 3. The second-order valence-corrected chi connectivity index (χ2v) is 11.9. The van der Waals surface area contributed by atoms with Crippen LogP contribution in [0.5, 0.6) is 5.75 Å². The van der Waals surface area contributed by atoms with Gasteiger partial charge in [0.15, 0.2) is 0 Å². The number of carbonyl (C=O) groups is 2. The summed E-state index contributed by atoms with van der Waals surface area (Å²) in [5.41, 5.74) is 1.04. The monoisotopic (exact) mass is 474 g/mol. The van der Waals surface area contributed by atoms with E-state index in [9.17, 15) is 9.59 Å². The second-order valence-electron chi connectivity index (χ2n) is 11.9. The van der Waals surface area contributed by atoms with Gasteiger partial charge in [0, 0.05) is 36.0 Å². The molecule has 4 saturated carbocycles. The number of rotatable bonds is 5. The molecule has 0 unspecified atom stereocenters. The fourth-order valence-corrected chi connectivity index (χ4v) is 8.34. The Labute approximate surface area is 208 Å². The minimum atomic E-state index is 0.00280. The molecule has 1 N–H and O–H groups in total. The maximum Gasteiger partial charge on any atom is 0.254 e. The van der Waals surface area contributed by atoms with Crippen LogP contribution in [0.4, 0.5) is 0 Å². The second kappa shape index (κ2) is 8.83. The van der Waals surface area contributed by atoms with Gasteiger partial charge >= 0.3 is 0 Å². The molecule has 1 aliphatic heterocycles. The van der Waals surface area contributed by atoms with Crippen LogP contribution in [0.3, 0.4) is 0 Å². The molecular weight excluding hydrogens is 436 g/mol. The third kappa shape index (κ3) is 4.01. The van der Waals surface area contributed by atoms with Crippen molar-refractivity contribution in [2.24, 2.45) is 29.1 Å². The van der Waals surface area contributed by atoms with Crippen molar-refractivity contribution in [3.8, 4) is 5.75 Å². The molecule has 186 valence electrons. The lowest BCUT2D eigenvalue weighted by atomic mass is 9.48. The van der Waals surface area contributed by atoms with Crippen LogP contribution in [0.2, 0.25) is 0 Å². The first kappa shape index (κ1) is 22.9. The van der Waals surface area contributed by atoms with Gasteiger partial charge in [-0.3, -0.25) is 9.59 Å². The summed E-state index contributed by atoms with van der Waals surface area (Å²) < 4.78 is 5.49. The zero-order valence-corrected chi connectivity index (χ0v) is 21.1. The number of piperidine rings is 1. The first-order valence-electron chi connectivity index (χ1n) is 13.6. The van der Waals surface area contributed by atoms with Gasteiger partial charge in [-0.2, -0.15) is 0 Å². The Hall–Kier alpha value is -2.56. The van der Waals surface area contributed by atoms with E-state index in [0.29, 0.717) is 24.1 Å². The van der Waals surface area contributed by atoms with Crippen molar-refractivity contribution in [3.63, 3.8) is 0 Å². The fraction of sp³-hybridized carbons (Fsp3) is 0.600. The molecule has 1 atom stereocenters. The first-order chi connectivity index (χ1) is 17.0. The number of carbonyl (C=O) groups excluding carboxylic acids is 2. The topological polar surface area (TPSA) is 58.6 Å². The molecule has 4 aliphatic carbocycles. The van der Waals surface area contributed by atoms with Gasteiger partial charge in [0.2, 0.25) is 5.91 Å². The summed E-state index contributed by atoms with van der Waals surface area (Å²) in [6.07, 6.45) is 9.68. The van der Waals surface area contributed by atoms with Crippen molar-refractivity contribution in [2.75, 3.05) is 20.2 Å². The van der Waals surface area contributed by atoms with Crippen LogP contribution >= 0.6 is 0 Å². The van der Waals surface area contributed by atoms with Gasteiger partial charge in [0.05, 0.1) is 7.11 Å². The van der Waals surface area contributed by atoms with E-state index in [-0.39, 0.29) is 23.8 Å². The van der Waals surface area contributed by atoms with Crippen molar-refractivity contribution >= 4 is 22.6 Å². The average molecular weight is 475 g/mol. The van der Waals surface area contributed by atoms with E-state index < -0.39 is 0 Å². The van der Waals surface area contributed by atoms with Crippen molar-refractivity contribution in [1.82, 2.24) is 10.2 Å². The molecule has 5 heteroatoms. The Morgan fingerprint density at radius 2 is 1.54 bits per heavy atom. The highest BCUT2D eigenvalue weighted by Gasteiger charge is 2.53. The van der Waals surface area contributed by atoms with Crippen LogP contribution in [0.25, 0.3) is 10.8 Å². The molecule has 4 bridgehead atoms. The molecule has 1 saturated heterocycles. The van der Waals surface area contributed by atoms with Gasteiger partial charge < -0.3 is 15.0 Å². The van der Waals surface area contributed by atoms with Crippen LogP contribution in [-0.2, 0) is 4.79 Å².